The van der Waals surface area contributed by atoms with Crippen LogP contribution in [0.4, 0.5) is 0 Å². The summed E-state index contributed by atoms with van der Waals surface area (Å²) in [5.74, 6) is 1.49. The molecule has 128 valence electrons. The second-order valence-corrected chi connectivity index (χ2v) is 6.99. The fourth-order valence-corrected chi connectivity index (χ4v) is 3.77. The number of amides is 1. The highest BCUT2D eigenvalue weighted by molar-refractivity contribution is 7.12. The summed E-state index contributed by atoms with van der Waals surface area (Å²) in [6.07, 6.45) is 7.54. The largest absolute Gasteiger partial charge is 0.338 e. The molecule has 1 atom stereocenters. The van der Waals surface area contributed by atoms with Gasteiger partial charge in [0.2, 0.25) is 0 Å². The van der Waals surface area contributed by atoms with E-state index in [1.807, 2.05) is 22.4 Å². The fourth-order valence-electron chi connectivity index (χ4n) is 3.08. The maximum Gasteiger partial charge on any atom is 0.278 e. The average molecular weight is 355 g/mol. The number of carbonyl (C=O) groups is 1. The second kappa shape index (κ2) is 7.10. The Kier molecular flexibility index (Phi) is 4.51. The lowest BCUT2D eigenvalue weighted by molar-refractivity contribution is 0.0677. The Labute approximate surface area is 148 Å². The zero-order chi connectivity index (χ0) is 17.1. The molecule has 4 rings (SSSR count). The molecule has 0 bridgehead atoms. The van der Waals surface area contributed by atoms with Crippen LogP contribution < -0.4 is 0 Å². The molecule has 1 aliphatic heterocycles. The van der Waals surface area contributed by atoms with Crippen LogP contribution in [0.2, 0.25) is 0 Å². The molecule has 25 heavy (non-hydrogen) atoms. The van der Waals surface area contributed by atoms with E-state index in [2.05, 4.69) is 20.1 Å². The monoisotopic (exact) mass is 355 g/mol. The van der Waals surface area contributed by atoms with Crippen molar-refractivity contribution in [3.63, 3.8) is 0 Å². The Hall–Kier alpha value is -2.61. The number of piperidine rings is 1. The number of rotatable bonds is 4. The molecule has 1 saturated heterocycles. The summed E-state index contributed by atoms with van der Waals surface area (Å²) in [4.78, 5) is 27.8. The van der Waals surface area contributed by atoms with E-state index in [1.54, 1.807) is 18.6 Å². The van der Waals surface area contributed by atoms with Crippen molar-refractivity contribution in [2.45, 2.75) is 19.3 Å². The molecule has 0 radical (unpaired) electrons. The molecule has 0 spiro atoms. The van der Waals surface area contributed by atoms with Crippen molar-refractivity contribution in [3.05, 3.63) is 46.8 Å². The quantitative estimate of drug-likeness (QED) is 0.715. The molecule has 0 N–H and O–H groups in total. The molecule has 0 aliphatic carbocycles. The zero-order valence-electron chi connectivity index (χ0n) is 13.5. The predicted molar refractivity (Wildman–Crippen MR) is 92.0 cm³/mol. The van der Waals surface area contributed by atoms with Gasteiger partial charge in [0.05, 0.1) is 11.1 Å². The van der Waals surface area contributed by atoms with Gasteiger partial charge in [-0.15, -0.1) is 11.3 Å². The minimum absolute atomic E-state index is 0.119. The van der Waals surface area contributed by atoms with E-state index in [0.717, 1.165) is 30.8 Å². The van der Waals surface area contributed by atoms with Crippen molar-refractivity contribution in [2.75, 3.05) is 13.1 Å². The maximum atomic E-state index is 12.5. The van der Waals surface area contributed by atoms with E-state index >= 15 is 0 Å². The van der Waals surface area contributed by atoms with Crippen LogP contribution in [-0.2, 0) is 6.42 Å². The number of likely N-dealkylation sites (tertiary alicyclic amines) is 1. The summed E-state index contributed by atoms with van der Waals surface area (Å²) in [5, 5.41) is 5.98. The normalized spacial score (nSPS) is 17.6. The summed E-state index contributed by atoms with van der Waals surface area (Å²) in [6, 6.07) is 3.79. The van der Waals surface area contributed by atoms with Gasteiger partial charge in [-0.05, 0) is 30.2 Å². The summed E-state index contributed by atoms with van der Waals surface area (Å²) in [7, 11) is 0. The number of aromatic nitrogens is 4. The van der Waals surface area contributed by atoms with Gasteiger partial charge >= 0.3 is 0 Å². The highest BCUT2D eigenvalue weighted by atomic mass is 32.1. The summed E-state index contributed by atoms with van der Waals surface area (Å²) in [6.45, 7) is 1.54. The molecule has 3 aromatic rings. The smallest absolute Gasteiger partial charge is 0.278 e. The van der Waals surface area contributed by atoms with Gasteiger partial charge in [-0.25, -0.2) is 4.98 Å². The van der Waals surface area contributed by atoms with E-state index < -0.39 is 0 Å². The first-order chi connectivity index (χ1) is 12.3. The van der Waals surface area contributed by atoms with E-state index in [0.29, 0.717) is 29.7 Å². The molecule has 1 unspecified atom stereocenters. The molecule has 4 heterocycles. The van der Waals surface area contributed by atoms with Gasteiger partial charge in [-0.1, -0.05) is 11.2 Å². The first-order valence-corrected chi connectivity index (χ1v) is 9.09. The molecule has 3 aromatic heterocycles. The van der Waals surface area contributed by atoms with Crippen molar-refractivity contribution < 1.29 is 9.32 Å². The van der Waals surface area contributed by atoms with Crippen molar-refractivity contribution in [2.24, 2.45) is 5.92 Å². The Morgan fingerprint density at radius 1 is 1.40 bits per heavy atom. The lowest BCUT2D eigenvalue weighted by atomic mass is 9.94. The summed E-state index contributed by atoms with van der Waals surface area (Å²) in [5.41, 5.74) is 0.569. The Morgan fingerprint density at radius 3 is 3.16 bits per heavy atom. The summed E-state index contributed by atoms with van der Waals surface area (Å²) >= 11 is 1.49. The van der Waals surface area contributed by atoms with Crippen LogP contribution in [0.15, 0.2) is 40.6 Å². The van der Waals surface area contributed by atoms with Crippen LogP contribution in [0.25, 0.3) is 11.6 Å². The van der Waals surface area contributed by atoms with Gasteiger partial charge in [0.15, 0.2) is 5.82 Å². The minimum atomic E-state index is 0.119. The van der Waals surface area contributed by atoms with Crippen LogP contribution in [0.5, 0.6) is 0 Å². The molecule has 8 heteroatoms. The first kappa shape index (κ1) is 15.9. The molecule has 1 aliphatic rings. The maximum absolute atomic E-state index is 12.5. The molecule has 1 fully saturated rings. The van der Waals surface area contributed by atoms with E-state index in [9.17, 15) is 4.79 Å². The van der Waals surface area contributed by atoms with Crippen molar-refractivity contribution >= 4 is 17.2 Å². The standard InChI is InChI=1S/C17H17N5O2S/c23-17(14-4-2-8-25-14)22-7-1-3-12(11-22)9-15-20-16(24-21-15)13-10-18-5-6-19-13/h2,4-6,8,10,12H,1,3,7,9,11H2. The van der Waals surface area contributed by atoms with Crippen LogP contribution in [-0.4, -0.2) is 44.0 Å². The van der Waals surface area contributed by atoms with Gasteiger partial charge in [0.25, 0.3) is 11.8 Å². The second-order valence-electron chi connectivity index (χ2n) is 6.05. The van der Waals surface area contributed by atoms with Gasteiger partial charge in [0.1, 0.15) is 5.69 Å². The third kappa shape index (κ3) is 3.58. The van der Waals surface area contributed by atoms with Crippen LogP contribution in [0.1, 0.15) is 28.3 Å². The van der Waals surface area contributed by atoms with E-state index in [4.69, 9.17) is 4.52 Å². The van der Waals surface area contributed by atoms with E-state index in [1.165, 1.54) is 11.3 Å². The number of hydrogen-bond donors (Lipinski definition) is 0. The number of nitrogens with zero attached hydrogens (tertiary/aromatic N) is 5. The van der Waals surface area contributed by atoms with Gasteiger partial charge in [-0.2, -0.15) is 4.98 Å². The lowest BCUT2D eigenvalue weighted by Crippen LogP contribution is -2.40. The van der Waals surface area contributed by atoms with Crippen molar-refractivity contribution in [3.8, 4) is 11.6 Å². The van der Waals surface area contributed by atoms with E-state index in [-0.39, 0.29) is 5.91 Å². The summed E-state index contributed by atoms with van der Waals surface area (Å²) < 4.78 is 5.28. The fraction of sp³-hybridized carbons (Fsp3) is 0.353. The molecule has 1 amide bonds. The number of carbonyl (C=O) groups excluding carboxylic acids is 1. The molecule has 7 nitrogen and oxygen atoms in total. The first-order valence-electron chi connectivity index (χ1n) is 8.21. The van der Waals surface area contributed by atoms with Crippen molar-refractivity contribution in [1.82, 2.24) is 25.0 Å². The highest BCUT2D eigenvalue weighted by Gasteiger charge is 2.26. The van der Waals surface area contributed by atoms with Gasteiger partial charge in [-0.3, -0.25) is 9.78 Å². The van der Waals surface area contributed by atoms with Gasteiger partial charge < -0.3 is 9.42 Å². The molecule has 0 saturated carbocycles. The Morgan fingerprint density at radius 2 is 2.36 bits per heavy atom. The highest BCUT2D eigenvalue weighted by Crippen LogP contribution is 2.23. The Balaban J connectivity index is 1.41. The third-order valence-corrected chi connectivity index (χ3v) is 5.12. The zero-order valence-corrected chi connectivity index (χ0v) is 14.4. The Bertz CT molecular complexity index is 834. The van der Waals surface area contributed by atoms with Crippen LogP contribution >= 0.6 is 11.3 Å². The lowest BCUT2D eigenvalue weighted by Gasteiger charge is -2.32. The van der Waals surface area contributed by atoms with Crippen LogP contribution in [0.3, 0.4) is 0 Å². The molecular weight excluding hydrogens is 338 g/mol. The number of thiophene rings is 1. The number of hydrogen-bond acceptors (Lipinski definition) is 7. The predicted octanol–water partition coefficient (Wildman–Crippen LogP) is 2.68. The van der Waals surface area contributed by atoms with Crippen LogP contribution in [0, 0.1) is 5.92 Å². The molecule has 0 aromatic carbocycles. The average Bonchev–Trinajstić information content (AvgIpc) is 3.34. The SMILES string of the molecule is O=C(c1cccs1)N1CCCC(Cc2noc(-c3cnccn3)n2)C1. The van der Waals surface area contributed by atoms with Gasteiger partial charge in [0, 0.05) is 31.9 Å². The third-order valence-electron chi connectivity index (χ3n) is 4.26. The molecular formula is C17H17N5O2S. The minimum Gasteiger partial charge on any atom is -0.338 e. The van der Waals surface area contributed by atoms with Crippen molar-refractivity contribution in [1.29, 1.82) is 0 Å². The topological polar surface area (TPSA) is 85.0 Å².